The third kappa shape index (κ3) is 6.87. The minimum absolute atomic E-state index is 0.180. The van der Waals surface area contributed by atoms with Crippen LogP contribution in [0.25, 0.3) is 0 Å². The highest BCUT2D eigenvalue weighted by molar-refractivity contribution is 5.90. The topological polar surface area (TPSA) is 121 Å². The number of nitrogens with one attached hydrogen (secondary N) is 2. The van der Waals surface area contributed by atoms with Crippen LogP contribution in [0.4, 0.5) is 11.4 Å². The van der Waals surface area contributed by atoms with Crippen LogP contribution in [0.3, 0.4) is 0 Å². The SMILES string of the molecule is CNC[C@H](O)c1ccc(O)c(O)c1.Cc1ccc(N(CC2=NCCN2)c2cccc(O)c2)cc1. The monoisotopic (exact) mass is 464 g/mol. The molecule has 3 aromatic carbocycles. The number of nitrogens with zero attached hydrogens (tertiary/aromatic N) is 2. The lowest BCUT2D eigenvalue weighted by molar-refractivity contribution is 0.177. The third-order valence-electron chi connectivity index (χ3n) is 5.32. The molecule has 0 amide bonds. The molecule has 1 aliphatic rings. The Hall–Kier alpha value is -3.75. The van der Waals surface area contributed by atoms with E-state index in [0.29, 0.717) is 18.7 Å². The maximum atomic E-state index is 9.74. The fourth-order valence-corrected chi connectivity index (χ4v) is 3.48. The number of aliphatic hydroxyl groups excluding tert-OH is 1. The van der Waals surface area contributed by atoms with Crippen molar-refractivity contribution in [3.63, 3.8) is 0 Å². The summed E-state index contributed by atoms with van der Waals surface area (Å²) in [5.41, 5.74) is 3.84. The number of aryl methyl sites for hydroxylation is 1. The van der Waals surface area contributed by atoms with Crippen LogP contribution < -0.4 is 15.5 Å². The molecule has 8 nitrogen and oxygen atoms in total. The smallest absolute Gasteiger partial charge is 0.157 e. The number of benzene rings is 3. The van der Waals surface area contributed by atoms with Crippen molar-refractivity contribution in [3.8, 4) is 17.2 Å². The fourth-order valence-electron chi connectivity index (χ4n) is 3.48. The van der Waals surface area contributed by atoms with Gasteiger partial charge >= 0.3 is 0 Å². The quantitative estimate of drug-likeness (QED) is 0.297. The van der Waals surface area contributed by atoms with Gasteiger partial charge in [-0.1, -0.05) is 29.8 Å². The standard InChI is InChI=1S/C17H19N3O.C9H13NO3/c1-13-5-7-14(8-6-13)20(12-17-18-9-10-19-17)15-3-2-4-16(21)11-15;1-10-5-9(13)6-2-3-7(11)8(12)4-6/h2-8,11,21H,9-10,12H2,1H3,(H,18,19);2-4,9-13H,5H2,1H3/t;9-/m.0/s1. The first kappa shape index (κ1) is 24.9. The van der Waals surface area contributed by atoms with E-state index in [4.69, 9.17) is 10.2 Å². The van der Waals surface area contributed by atoms with Gasteiger partial charge in [-0.25, -0.2) is 0 Å². The van der Waals surface area contributed by atoms with Crippen molar-refractivity contribution in [2.24, 2.45) is 4.99 Å². The van der Waals surface area contributed by atoms with Crippen molar-refractivity contribution in [1.29, 1.82) is 0 Å². The molecule has 0 spiro atoms. The van der Waals surface area contributed by atoms with Crippen LogP contribution >= 0.6 is 0 Å². The molecule has 3 aromatic rings. The lowest BCUT2D eigenvalue weighted by Gasteiger charge is -2.25. The molecule has 0 unspecified atom stereocenters. The normalized spacial score (nSPS) is 13.3. The number of hydrogen-bond acceptors (Lipinski definition) is 8. The van der Waals surface area contributed by atoms with E-state index in [0.717, 1.165) is 30.3 Å². The van der Waals surface area contributed by atoms with Crippen molar-refractivity contribution >= 4 is 17.2 Å². The first-order chi connectivity index (χ1) is 16.4. The van der Waals surface area contributed by atoms with E-state index in [9.17, 15) is 10.2 Å². The summed E-state index contributed by atoms with van der Waals surface area (Å²) in [6.07, 6.45) is -0.670. The zero-order valence-electron chi connectivity index (χ0n) is 19.4. The van der Waals surface area contributed by atoms with Gasteiger partial charge in [0.15, 0.2) is 11.5 Å². The summed E-state index contributed by atoms with van der Waals surface area (Å²) in [5.74, 6) is 0.859. The van der Waals surface area contributed by atoms with Crippen molar-refractivity contribution < 1.29 is 20.4 Å². The second-order valence-electron chi connectivity index (χ2n) is 8.02. The summed E-state index contributed by atoms with van der Waals surface area (Å²) in [5, 5.41) is 43.5. The molecule has 8 heteroatoms. The van der Waals surface area contributed by atoms with Gasteiger partial charge in [0.25, 0.3) is 0 Å². The highest BCUT2D eigenvalue weighted by Crippen LogP contribution is 2.29. The molecule has 0 saturated carbocycles. The first-order valence-corrected chi connectivity index (χ1v) is 11.1. The maximum Gasteiger partial charge on any atom is 0.157 e. The van der Waals surface area contributed by atoms with E-state index in [2.05, 4.69) is 51.7 Å². The summed E-state index contributed by atoms with van der Waals surface area (Å²) in [4.78, 5) is 6.62. The Morgan fingerprint density at radius 3 is 2.35 bits per heavy atom. The summed E-state index contributed by atoms with van der Waals surface area (Å²) >= 11 is 0. The Bertz CT molecular complexity index is 1100. The Morgan fingerprint density at radius 1 is 0.971 bits per heavy atom. The van der Waals surface area contributed by atoms with E-state index in [1.165, 1.54) is 17.7 Å². The molecule has 0 saturated heterocycles. The molecule has 1 aliphatic heterocycles. The summed E-state index contributed by atoms with van der Waals surface area (Å²) < 4.78 is 0. The van der Waals surface area contributed by atoms with Gasteiger partial charge < -0.3 is 36.0 Å². The maximum absolute atomic E-state index is 9.74. The lowest BCUT2D eigenvalue weighted by atomic mass is 10.1. The molecule has 0 bridgehead atoms. The van der Waals surface area contributed by atoms with Gasteiger partial charge in [-0.2, -0.15) is 0 Å². The largest absolute Gasteiger partial charge is 0.508 e. The molecule has 4 rings (SSSR count). The predicted octanol–water partition coefficient (Wildman–Crippen LogP) is 3.19. The minimum Gasteiger partial charge on any atom is -0.508 e. The van der Waals surface area contributed by atoms with Gasteiger partial charge in [0, 0.05) is 30.5 Å². The van der Waals surface area contributed by atoms with Gasteiger partial charge in [-0.15, -0.1) is 0 Å². The number of likely N-dealkylation sites (N-methyl/N-ethyl adjacent to an activating group) is 1. The summed E-state index contributed by atoms with van der Waals surface area (Å²) in [6.45, 7) is 4.88. The third-order valence-corrected chi connectivity index (χ3v) is 5.32. The summed E-state index contributed by atoms with van der Waals surface area (Å²) in [6, 6.07) is 19.9. The Balaban J connectivity index is 0.000000215. The van der Waals surface area contributed by atoms with Crippen LogP contribution in [-0.4, -0.2) is 59.5 Å². The second kappa shape index (κ2) is 11.9. The van der Waals surface area contributed by atoms with Gasteiger partial charge in [0.2, 0.25) is 0 Å². The summed E-state index contributed by atoms with van der Waals surface area (Å²) in [7, 11) is 1.73. The molecule has 180 valence electrons. The number of hydrogen-bond donors (Lipinski definition) is 6. The predicted molar refractivity (Wildman–Crippen MR) is 135 cm³/mol. The minimum atomic E-state index is -0.670. The average molecular weight is 465 g/mol. The number of aliphatic imine (C=N–C) groups is 1. The van der Waals surface area contributed by atoms with E-state index < -0.39 is 6.10 Å². The molecule has 0 radical (unpaired) electrons. The number of phenolic OH excluding ortho intramolecular Hbond substituents is 3. The van der Waals surface area contributed by atoms with Crippen LogP contribution in [0, 0.1) is 6.92 Å². The molecular weight excluding hydrogens is 432 g/mol. The van der Waals surface area contributed by atoms with E-state index in [-0.39, 0.29) is 17.2 Å². The highest BCUT2D eigenvalue weighted by Gasteiger charge is 2.15. The zero-order valence-corrected chi connectivity index (χ0v) is 19.4. The lowest BCUT2D eigenvalue weighted by Crippen LogP contribution is -2.32. The average Bonchev–Trinajstić information content (AvgIpc) is 3.34. The van der Waals surface area contributed by atoms with Gasteiger partial charge in [0.05, 0.1) is 19.2 Å². The number of anilines is 2. The van der Waals surface area contributed by atoms with Gasteiger partial charge in [-0.05, 0) is 55.9 Å². The van der Waals surface area contributed by atoms with Crippen LogP contribution in [0.1, 0.15) is 17.2 Å². The number of rotatable bonds is 7. The number of aromatic hydroxyl groups is 3. The molecular formula is C26H32N4O4. The second-order valence-corrected chi connectivity index (χ2v) is 8.02. The molecule has 0 aromatic heterocycles. The Labute approximate surface area is 199 Å². The zero-order chi connectivity index (χ0) is 24.5. The molecule has 1 atom stereocenters. The van der Waals surface area contributed by atoms with Crippen molar-refractivity contribution in [2.75, 3.05) is 38.1 Å². The molecule has 6 N–H and O–H groups in total. The molecule has 34 heavy (non-hydrogen) atoms. The Kier molecular flexibility index (Phi) is 8.73. The number of amidine groups is 1. The molecule has 0 aliphatic carbocycles. The molecule has 0 fully saturated rings. The highest BCUT2D eigenvalue weighted by atomic mass is 16.3. The van der Waals surface area contributed by atoms with Crippen molar-refractivity contribution in [2.45, 2.75) is 13.0 Å². The molecule has 1 heterocycles. The van der Waals surface area contributed by atoms with Crippen LogP contribution in [0.5, 0.6) is 17.2 Å². The first-order valence-electron chi connectivity index (χ1n) is 11.1. The van der Waals surface area contributed by atoms with Gasteiger partial charge in [0.1, 0.15) is 11.6 Å². The van der Waals surface area contributed by atoms with E-state index in [1.54, 1.807) is 25.2 Å². The number of phenols is 3. The van der Waals surface area contributed by atoms with Crippen LogP contribution in [0.15, 0.2) is 71.7 Å². The van der Waals surface area contributed by atoms with Crippen molar-refractivity contribution in [1.82, 2.24) is 10.6 Å². The van der Waals surface area contributed by atoms with Gasteiger partial charge in [-0.3, -0.25) is 4.99 Å². The fraction of sp³-hybridized carbons (Fsp3) is 0.269. The van der Waals surface area contributed by atoms with Crippen molar-refractivity contribution in [3.05, 3.63) is 77.9 Å². The van der Waals surface area contributed by atoms with Crippen LogP contribution in [-0.2, 0) is 0 Å². The number of aliphatic hydroxyl groups is 1. The Morgan fingerprint density at radius 2 is 1.74 bits per heavy atom. The van der Waals surface area contributed by atoms with E-state index in [1.807, 2.05) is 12.1 Å². The van der Waals surface area contributed by atoms with E-state index >= 15 is 0 Å². The van der Waals surface area contributed by atoms with Crippen LogP contribution in [0.2, 0.25) is 0 Å².